The summed E-state index contributed by atoms with van der Waals surface area (Å²) < 4.78 is 16.0. The van der Waals surface area contributed by atoms with Gasteiger partial charge in [0.1, 0.15) is 5.82 Å². The number of rotatable bonds is 3. The largest absolute Gasteiger partial charge is 0.256 e. The monoisotopic (exact) mass is 495 g/mol. The van der Waals surface area contributed by atoms with E-state index in [2.05, 4.69) is 72.8 Å². The first-order valence-corrected chi connectivity index (χ1v) is 13.1. The molecular formula is C34H22FNS. The molecule has 0 unspecified atom stereocenters. The third kappa shape index (κ3) is 3.71. The lowest BCUT2D eigenvalue weighted by molar-refractivity contribution is 0.639. The molecule has 0 spiro atoms. The molecule has 1 nitrogen and oxygen atoms in total. The van der Waals surface area contributed by atoms with Crippen LogP contribution in [0.4, 0.5) is 4.39 Å². The van der Waals surface area contributed by atoms with Crippen LogP contribution in [0.5, 0.6) is 0 Å². The Bertz CT molecular complexity index is 1940. The standard InChI is InChI=1S/C34H22FNS/c1-21-16-29-25-14-15-36-34(27(25)13-12-26(29)31(35)17-21)24-18-28(22-8-4-2-5-9-22)30-20-32(37-33(30)19-24)23-10-6-3-7-11-23/h2-20H,1H3. The maximum absolute atomic E-state index is 14.7. The summed E-state index contributed by atoms with van der Waals surface area (Å²) in [6.45, 7) is 1.94. The summed E-state index contributed by atoms with van der Waals surface area (Å²) in [5.74, 6) is -0.185. The number of aryl methyl sites for hydroxylation is 1. The first kappa shape index (κ1) is 21.9. The lowest BCUT2D eigenvalue weighted by Crippen LogP contribution is -1.90. The summed E-state index contributed by atoms with van der Waals surface area (Å²) in [5, 5.41) is 4.84. The molecule has 0 bridgehead atoms. The molecule has 0 saturated heterocycles. The summed E-state index contributed by atoms with van der Waals surface area (Å²) >= 11 is 1.80. The van der Waals surface area contributed by atoms with Crippen LogP contribution < -0.4 is 0 Å². The summed E-state index contributed by atoms with van der Waals surface area (Å²) in [7, 11) is 0. The number of pyridine rings is 1. The topological polar surface area (TPSA) is 12.9 Å². The van der Waals surface area contributed by atoms with Crippen molar-refractivity contribution >= 4 is 43.0 Å². The van der Waals surface area contributed by atoms with E-state index >= 15 is 0 Å². The van der Waals surface area contributed by atoms with Crippen molar-refractivity contribution in [1.82, 2.24) is 4.98 Å². The van der Waals surface area contributed by atoms with Gasteiger partial charge in [0.15, 0.2) is 0 Å². The zero-order chi connectivity index (χ0) is 24.9. The van der Waals surface area contributed by atoms with Gasteiger partial charge in [-0.25, -0.2) is 4.39 Å². The minimum atomic E-state index is -0.185. The molecule has 3 heteroatoms. The van der Waals surface area contributed by atoms with Crippen molar-refractivity contribution in [3.63, 3.8) is 0 Å². The van der Waals surface area contributed by atoms with Crippen molar-refractivity contribution in [3.8, 4) is 32.8 Å². The molecule has 5 aromatic carbocycles. The van der Waals surface area contributed by atoms with Gasteiger partial charge in [-0.15, -0.1) is 11.3 Å². The molecule has 0 atom stereocenters. The van der Waals surface area contributed by atoms with E-state index in [1.54, 1.807) is 17.4 Å². The first-order chi connectivity index (χ1) is 18.2. The number of benzene rings is 5. The molecule has 2 aromatic heterocycles. The number of aromatic nitrogens is 1. The van der Waals surface area contributed by atoms with Gasteiger partial charge in [0, 0.05) is 37.5 Å². The zero-order valence-electron chi connectivity index (χ0n) is 20.2. The normalized spacial score (nSPS) is 11.5. The van der Waals surface area contributed by atoms with E-state index in [9.17, 15) is 4.39 Å². The molecule has 7 rings (SSSR count). The van der Waals surface area contributed by atoms with E-state index in [-0.39, 0.29) is 5.82 Å². The maximum atomic E-state index is 14.7. The van der Waals surface area contributed by atoms with Crippen molar-refractivity contribution in [3.05, 3.63) is 127 Å². The third-order valence-corrected chi connectivity index (χ3v) is 8.16. The van der Waals surface area contributed by atoms with Crippen LogP contribution in [0.2, 0.25) is 0 Å². The number of thiophene rings is 1. The highest BCUT2D eigenvalue weighted by atomic mass is 32.1. The van der Waals surface area contributed by atoms with Gasteiger partial charge in [-0.05, 0) is 70.3 Å². The van der Waals surface area contributed by atoms with Gasteiger partial charge in [-0.3, -0.25) is 4.98 Å². The third-order valence-electron chi connectivity index (χ3n) is 7.02. The number of hydrogen-bond donors (Lipinski definition) is 0. The number of nitrogens with zero attached hydrogens (tertiary/aromatic N) is 1. The minimum absolute atomic E-state index is 0.185. The predicted octanol–water partition coefficient (Wildman–Crippen LogP) is 10.1. The van der Waals surface area contributed by atoms with Crippen LogP contribution in [0.15, 0.2) is 115 Å². The first-order valence-electron chi connectivity index (χ1n) is 12.3. The van der Waals surface area contributed by atoms with Gasteiger partial charge in [-0.1, -0.05) is 78.9 Å². The average molecular weight is 496 g/mol. The molecule has 2 heterocycles. The molecule has 176 valence electrons. The van der Waals surface area contributed by atoms with Crippen molar-refractivity contribution in [2.24, 2.45) is 0 Å². The maximum Gasteiger partial charge on any atom is 0.131 e. The molecular weight excluding hydrogens is 473 g/mol. The summed E-state index contributed by atoms with van der Waals surface area (Å²) in [5.41, 5.74) is 6.47. The van der Waals surface area contributed by atoms with E-state index in [4.69, 9.17) is 4.98 Å². The van der Waals surface area contributed by atoms with Crippen molar-refractivity contribution < 1.29 is 4.39 Å². The van der Waals surface area contributed by atoms with Crippen molar-refractivity contribution in [1.29, 1.82) is 0 Å². The second-order valence-electron chi connectivity index (χ2n) is 9.44. The Morgan fingerprint density at radius 3 is 2.11 bits per heavy atom. The van der Waals surface area contributed by atoms with Crippen LogP contribution in [0.3, 0.4) is 0 Å². The second kappa shape index (κ2) is 8.65. The highest BCUT2D eigenvalue weighted by Crippen LogP contribution is 2.42. The number of hydrogen-bond acceptors (Lipinski definition) is 2. The van der Waals surface area contributed by atoms with E-state index < -0.39 is 0 Å². The van der Waals surface area contributed by atoms with Gasteiger partial charge in [0.25, 0.3) is 0 Å². The molecule has 37 heavy (non-hydrogen) atoms. The average Bonchev–Trinajstić information content (AvgIpc) is 3.37. The molecule has 0 amide bonds. The van der Waals surface area contributed by atoms with Crippen LogP contribution in [0.1, 0.15) is 5.56 Å². The Morgan fingerprint density at radius 2 is 1.32 bits per heavy atom. The molecule has 0 aliphatic heterocycles. The highest BCUT2D eigenvalue weighted by molar-refractivity contribution is 7.22. The molecule has 0 radical (unpaired) electrons. The molecule has 0 fully saturated rings. The van der Waals surface area contributed by atoms with Gasteiger partial charge >= 0.3 is 0 Å². The Labute approximate surface area is 218 Å². The van der Waals surface area contributed by atoms with Gasteiger partial charge < -0.3 is 0 Å². The van der Waals surface area contributed by atoms with E-state index in [1.807, 2.05) is 43.5 Å². The van der Waals surface area contributed by atoms with Crippen LogP contribution in [-0.2, 0) is 0 Å². The molecule has 0 saturated carbocycles. The van der Waals surface area contributed by atoms with Crippen LogP contribution in [-0.4, -0.2) is 4.98 Å². The van der Waals surface area contributed by atoms with E-state index in [0.717, 1.165) is 33.0 Å². The second-order valence-corrected chi connectivity index (χ2v) is 10.5. The minimum Gasteiger partial charge on any atom is -0.256 e. The predicted molar refractivity (Wildman–Crippen MR) is 156 cm³/mol. The molecule has 7 aromatic rings. The summed E-state index contributed by atoms with van der Waals surface area (Å²) in [4.78, 5) is 6.09. The Morgan fingerprint density at radius 1 is 0.595 bits per heavy atom. The Hall–Kier alpha value is -4.34. The Kier molecular flexibility index (Phi) is 5.12. The van der Waals surface area contributed by atoms with Crippen LogP contribution in [0, 0.1) is 12.7 Å². The van der Waals surface area contributed by atoms with Crippen LogP contribution in [0.25, 0.3) is 64.5 Å². The lowest BCUT2D eigenvalue weighted by Gasteiger charge is -2.12. The van der Waals surface area contributed by atoms with Crippen LogP contribution >= 0.6 is 11.3 Å². The number of halogens is 1. The van der Waals surface area contributed by atoms with E-state index in [1.165, 1.54) is 31.7 Å². The van der Waals surface area contributed by atoms with Crippen molar-refractivity contribution in [2.75, 3.05) is 0 Å². The highest BCUT2D eigenvalue weighted by Gasteiger charge is 2.16. The SMILES string of the molecule is Cc1cc(F)c2ccc3c(-c4cc(-c5ccccc5)c5cc(-c6ccccc6)sc5c4)nccc3c2c1. The van der Waals surface area contributed by atoms with E-state index in [0.29, 0.717) is 5.39 Å². The fourth-order valence-corrected chi connectivity index (χ4v) is 6.43. The molecule has 0 N–H and O–H groups in total. The van der Waals surface area contributed by atoms with Gasteiger partial charge in [0.2, 0.25) is 0 Å². The lowest BCUT2D eigenvalue weighted by atomic mass is 9.94. The zero-order valence-corrected chi connectivity index (χ0v) is 21.0. The van der Waals surface area contributed by atoms with Gasteiger partial charge in [-0.2, -0.15) is 0 Å². The van der Waals surface area contributed by atoms with Crippen molar-refractivity contribution in [2.45, 2.75) is 6.92 Å². The fourth-order valence-electron chi connectivity index (χ4n) is 5.30. The molecule has 0 aliphatic carbocycles. The molecule has 0 aliphatic rings. The van der Waals surface area contributed by atoms with Gasteiger partial charge in [0.05, 0.1) is 5.69 Å². The number of fused-ring (bicyclic) bond motifs is 4. The summed E-state index contributed by atoms with van der Waals surface area (Å²) in [6, 6.07) is 37.4. The summed E-state index contributed by atoms with van der Waals surface area (Å²) in [6.07, 6.45) is 1.84. The fraction of sp³-hybridized carbons (Fsp3) is 0.0294. The smallest absolute Gasteiger partial charge is 0.131 e. The quantitative estimate of drug-likeness (QED) is 0.222. The Balaban J connectivity index is 1.52.